The van der Waals surface area contributed by atoms with Crippen LogP contribution in [-0.2, 0) is 17.9 Å². The van der Waals surface area contributed by atoms with Gasteiger partial charge < -0.3 is 10.1 Å². The fourth-order valence-electron chi connectivity index (χ4n) is 3.41. The molecule has 0 aliphatic carbocycles. The third-order valence-corrected chi connectivity index (χ3v) is 7.14. The van der Waals surface area contributed by atoms with Gasteiger partial charge in [0.1, 0.15) is 18.1 Å². The van der Waals surface area contributed by atoms with Crippen molar-refractivity contribution in [1.29, 1.82) is 0 Å². The van der Waals surface area contributed by atoms with Crippen LogP contribution >= 0.6 is 61.1 Å². The molecule has 1 saturated heterocycles. The first-order valence-electron chi connectivity index (χ1n) is 10.1. The fourth-order valence-corrected chi connectivity index (χ4v) is 5.80. The van der Waals surface area contributed by atoms with Crippen molar-refractivity contribution < 1.29 is 14.3 Å². The molecule has 1 fully saturated rings. The number of halogens is 3. The van der Waals surface area contributed by atoms with Crippen molar-refractivity contribution in [1.82, 2.24) is 10.2 Å². The number of amides is 3. The van der Waals surface area contributed by atoms with Gasteiger partial charge in [0, 0.05) is 4.47 Å². The Morgan fingerprint density at radius 2 is 1.70 bits per heavy atom. The van der Waals surface area contributed by atoms with Crippen LogP contribution in [0.5, 0.6) is 5.75 Å². The Kier molecular flexibility index (Phi) is 7.75. The average Bonchev–Trinajstić information content (AvgIpc) is 3.02. The molecule has 4 rings (SSSR count). The number of rotatable bonds is 6. The lowest BCUT2D eigenvalue weighted by Crippen LogP contribution is -2.30. The van der Waals surface area contributed by atoms with Crippen LogP contribution in [0.15, 0.2) is 70.8 Å². The molecule has 5 nitrogen and oxygen atoms in total. The van der Waals surface area contributed by atoms with E-state index in [2.05, 4.69) is 85.5 Å². The van der Waals surface area contributed by atoms with Crippen molar-refractivity contribution in [3.05, 3.63) is 100 Å². The molecule has 0 radical (unpaired) electrons. The SMILES string of the molecule is Cc1cccc(COc2c(I)cc(/C=C3/NC(=O)N(Cc4ccc(Br)cc4)C3=O)cc2I)c1. The zero-order valence-corrected chi connectivity index (χ0v) is 23.5. The molecule has 3 aromatic carbocycles. The summed E-state index contributed by atoms with van der Waals surface area (Å²) in [4.78, 5) is 26.5. The number of ether oxygens (including phenoxy) is 1. The van der Waals surface area contributed by atoms with Crippen molar-refractivity contribution in [3.8, 4) is 5.75 Å². The maximum absolute atomic E-state index is 12.9. The topological polar surface area (TPSA) is 58.6 Å². The highest BCUT2D eigenvalue weighted by Crippen LogP contribution is 2.31. The summed E-state index contributed by atoms with van der Waals surface area (Å²) in [5.41, 5.74) is 4.26. The molecule has 0 unspecified atom stereocenters. The number of urea groups is 1. The minimum absolute atomic E-state index is 0.218. The number of hydrogen-bond acceptors (Lipinski definition) is 3. The number of benzene rings is 3. The summed E-state index contributed by atoms with van der Waals surface area (Å²) < 4.78 is 8.89. The van der Waals surface area contributed by atoms with E-state index in [1.54, 1.807) is 6.08 Å². The molecule has 0 bridgehead atoms. The molecular formula is C25H19BrI2N2O3. The normalized spacial score (nSPS) is 14.7. The van der Waals surface area contributed by atoms with Crippen molar-refractivity contribution >= 4 is 79.1 Å². The summed E-state index contributed by atoms with van der Waals surface area (Å²) in [5.74, 6) is 0.464. The molecule has 168 valence electrons. The van der Waals surface area contributed by atoms with Crippen LogP contribution in [0.1, 0.15) is 22.3 Å². The smallest absolute Gasteiger partial charge is 0.329 e. The maximum atomic E-state index is 12.9. The molecule has 3 aromatic rings. The third-order valence-electron chi connectivity index (χ3n) is 5.01. The highest BCUT2D eigenvalue weighted by atomic mass is 127. The van der Waals surface area contributed by atoms with E-state index in [1.165, 1.54) is 10.5 Å². The van der Waals surface area contributed by atoms with Gasteiger partial charge in [0.15, 0.2) is 0 Å². The van der Waals surface area contributed by atoms with E-state index in [0.29, 0.717) is 6.61 Å². The molecule has 1 aliphatic heterocycles. The zero-order chi connectivity index (χ0) is 23.5. The maximum Gasteiger partial charge on any atom is 0.329 e. The van der Waals surface area contributed by atoms with Crippen molar-refractivity contribution in [2.24, 2.45) is 0 Å². The standard InChI is InChI=1S/C25H19BrI2N2O3/c1-15-3-2-4-17(9-15)14-33-23-20(27)10-18(11-21(23)28)12-22-24(31)30(25(32)29-22)13-16-5-7-19(26)8-6-16/h2-12H,13-14H2,1H3,(H,29,32)/b22-12+. The summed E-state index contributed by atoms with van der Waals surface area (Å²) in [6, 6.07) is 19.2. The molecular weight excluding hydrogens is 710 g/mol. The van der Waals surface area contributed by atoms with E-state index >= 15 is 0 Å². The van der Waals surface area contributed by atoms with Gasteiger partial charge >= 0.3 is 6.03 Å². The predicted octanol–water partition coefficient (Wildman–Crippen LogP) is 6.64. The number of nitrogens with one attached hydrogen (secondary N) is 1. The van der Waals surface area contributed by atoms with Gasteiger partial charge in [-0.3, -0.25) is 9.69 Å². The highest BCUT2D eigenvalue weighted by Gasteiger charge is 2.33. The quantitative estimate of drug-likeness (QED) is 0.176. The fraction of sp³-hybridized carbons (Fsp3) is 0.120. The Morgan fingerprint density at radius 3 is 2.36 bits per heavy atom. The summed E-state index contributed by atoms with van der Waals surface area (Å²) in [5, 5.41) is 2.69. The Hall–Kier alpha value is -1.92. The van der Waals surface area contributed by atoms with Crippen molar-refractivity contribution in [3.63, 3.8) is 0 Å². The Morgan fingerprint density at radius 1 is 1.00 bits per heavy atom. The molecule has 1 aliphatic rings. The van der Waals surface area contributed by atoms with Crippen LogP contribution in [0.2, 0.25) is 0 Å². The van der Waals surface area contributed by atoms with Gasteiger partial charge in [-0.15, -0.1) is 0 Å². The van der Waals surface area contributed by atoms with E-state index in [9.17, 15) is 9.59 Å². The second kappa shape index (κ2) is 10.6. The first kappa shape index (κ1) is 24.2. The second-order valence-electron chi connectivity index (χ2n) is 7.60. The summed E-state index contributed by atoms with van der Waals surface area (Å²) >= 11 is 7.86. The van der Waals surface area contributed by atoms with Crippen LogP contribution < -0.4 is 10.1 Å². The molecule has 1 N–H and O–H groups in total. The number of imide groups is 1. The first-order chi connectivity index (χ1) is 15.8. The Bertz CT molecular complexity index is 1240. The van der Waals surface area contributed by atoms with Crippen LogP contribution in [-0.4, -0.2) is 16.8 Å². The van der Waals surface area contributed by atoms with E-state index < -0.39 is 6.03 Å². The van der Waals surface area contributed by atoms with Gasteiger partial charge in [-0.25, -0.2) is 4.79 Å². The average molecular weight is 729 g/mol. The van der Waals surface area contributed by atoms with Crippen LogP contribution in [0.3, 0.4) is 0 Å². The lowest BCUT2D eigenvalue weighted by molar-refractivity contribution is -0.123. The molecule has 0 aromatic heterocycles. The van der Waals surface area contributed by atoms with Crippen molar-refractivity contribution in [2.75, 3.05) is 0 Å². The zero-order valence-electron chi connectivity index (χ0n) is 17.6. The molecule has 0 atom stereocenters. The first-order valence-corrected chi connectivity index (χ1v) is 13.0. The van der Waals surface area contributed by atoms with Gasteiger partial charge in [0.05, 0.1) is 13.7 Å². The second-order valence-corrected chi connectivity index (χ2v) is 10.8. The molecule has 8 heteroatoms. The van der Waals surface area contributed by atoms with Crippen LogP contribution in [0, 0.1) is 14.1 Å². The predicted molar refractivity (Wildman–Crippen MR) is 149 cm³/mol. The minimum atomic E-state index is -0.420. The number of carbonyl (C=O) groups is 2. The van der Waals surface area contributed by atoms with Gasteiger partial charge in [-0.2, -0.15) is 0 Å². The van der Waals surface area contributed by atoms with Gasteiger partial charge in [0.25, 0.3) is 5.91 Å². The van der Waals surface area contributed by atoms with Crippen molar-refractivity contribution in [2.45, 2.75) is 20.1 Å². The van der Waals surface area contributed by atoms with Gasteiger partial charge in [-0.1, -0.05) is 57.9 Å². The summed E-state index contributed by atoms with van der Waals surface area (Å²) in [6.07, 6.45) is 1.70. The molecule has 0 saturated carbocycles. The van der Waals surface area contributed by atoms with E-state index in [0.717, 1.165) is 34.1 Å². The molecule has 0 spiro atoms. The lowest BCUT2D eigenvalue weighted by atomic mass is 10.1. The minimum Gasteiger partial charge on any atom is -0.487 e. The lowest BCUT2D eigenvalue weighted by Gasteiger charge is -2.12. The number of carbonyl (C=O) groups excluding carboxylic acids is 2. The Balaban J connectivity index is 1.49. The highest BCUT2D eigenvalue weighted by molar-refractivity contribution is 14.1. The summed E-state index contributed by atoms with van der Waals surface area (Å²) in [6.45, 7) is 2.76. The third kappa shape index (κ3) is 5.96. The van der Waals surface area contributed by atoms with Gasteiger partial charge in [0.2, 0.25) is 0 Å². The molecule has 3 amide bonds. The van der Waals surface area contributed by atoms with E-state index in [4.69, 9.17) is 4.74 Å². The van der Waals surface area contributed by atoms with Crippen LogP contribution in [0.4, 0.5) is 4.79 Å². The van der Waals surface area contributed by atoms with Gasteiger partial charge in [-0.05, 0) is 99.1 Å². The number of hydrogen-bond donors (Lipinski definition) is 1. The van der Waals surface area contributed by atoms with Crippen LogP contribution in [0.25, 0.3) is 6.08 Å². The largest absolute Gasteiger partial charge is 0.487 e. The summed E-state index contributed by atoms with van der Waals surface area (Å²) in [7, 11) is 0. The number of aryl methyl sites for hydroxylation is 1. The molecule has 33 heavy (non-hydrogen) atoms. The monoisotopic (exact) mass is 728 g/mol. The van der Waals surface area contributed by atoms with E-state index in [-0.39, 0.29) is 18.1 Å². The number of nitrogens with zero attached hydrogens (tertiary/aromatic N) is 1. The Labute approximate surface area is 228 Å². The molecule has 1 heterocycles. The van der Waals surface area contributed by atoms with E-state index in [1.807, 2.05) is 48.5 Å².